The third-order valence-electron chi connectivity index (χ3n) is 2.85. The van der Waals surface area contributed by atoms with Gasteiger partial charge < -0.3 is 10.7 Å². The van der Waals surface area contributed by atoms with E-state index in [0.717, 1.165) is 24.3 Å². The number of benzene rings is 2. The van der Waals surface area contributed by atoms with E-state index in [1.54, 1.807) is 0 Å². The molecule has 4 nitrogen and oxygen atoms in total. The van der Waals surface area contributed by atoms with Crippen LogP contribution < -0.4 is 16.6 Å². The van der Waals surface area contributed by atoms with Gasteiger partial charge in [-0.25, -0.2) is 13.2 Å². The minimum atomic E-state index is -0.693. The summed E-state index contributed by atoms with van der Waals surface area (Å²) in [4.78, 5) is 12.0. The van der Waals surface area contributed by atoms with Gasteiger partial charge in [-0.05, 0) is 30.3 Å². The molecule has 0 heterocycles. The predicted octanol–water partition coefficient (Wildman–Crippen LogP) is 2.32. The number of hydrogen-bond donors (Lipinski definition) is 3. The highest BCUT2D eigenvalue weighted by Gasteiger charge is 2.14. The fourth-order valence-corrected chi connectivity index (χ4v) is 1.81. The number of hydrogen-bond acceptors (Lipinski definition) is 3. The zero-order valence-corrected chi connectivity index (χ0v) is 10.8. The first-order chi connectivity index (χ1) is 10.0. The predicted molar refractivity (Wildman–Crippen MR) is 71.7 cm³/mol. The summed E-state index contributed by atoms with van der Waals surface area (Å²) in [5, 5.41) is 2.38. The Morgan fingerprint density at radius 2 is 1.86 bits per heavy atom. The third-order valence-corrected chi connectivity index (χ3v) is 2.85. The standard InChI is InChI=1S/C14H12F3N3O/c15-9-4-5-11(16)8(6-9)7-19-14(21)10-2-1-3-12(17)13(10)20-18/h1-6,20H,7,18H2,(H,19,21). The molecule has 0 fully saturated rings. The molecule has 2 aromatic carbocycles. The van der Waals surface area contributed by atoms with Crippen LogP contribution in [0.3, 0.4) is 0 Å². The average molecular weight is 295 g/mol. The normalized spacial score (nSPS) is 10.3. The van der Waals surface area contributed by atoms with Crippen LogP contribution in [0.1, 0.15) is 15.9 Å². The molecule has 0 unspecified atom stereocenters. The van der Waals surface area contributed by atoms with Crippen molar-refractivity contribution in [2.24, 2.45) is 5.84 Å². The summed E-state index contributed by atoms with van der Waals surface area (Å²) >= 11 is 0. The summed E-state index contributed by atoms with van der Waals surface area (Å²) in [5.41, 5.74) is 1.88. The number of nitrogens with two attached hydrogens (primary N) is 1. The molecule has 0 spiro atoms. The number of anilines is 1. The topological polar surface area (TPSA) is 67.1 Å². The maximum Gasteiger partial charge on any atom is 0.253 e. The van der Waals surface area contributed by atoms with Gasteiger partial charge in [0.15, 0.2) is 0 Å². The van der Waals surface area contributed by atoms with Crippen LogP contribution in [0.4, 0.5) is 18.9 Å². The second-order valence-corrected chi connectivity index (χ2v) is 4.23. The van der Waals surface area contributed by atoms with E-state index < -0.39 is 23.4 Å². The summed E-state index contributed by atoms with van der Waals surface area (Å²) in [6.45, 7) is -0.233. The van der Waals surface area contributed by atoms with E-state index in [1.807, 2.05) is 0 Å². The Morgan fingerprint density at radius 3 is 2.57 bits per heavy atom. The monoisotopic (exact) mass is 295 g/mol. The van der Waals surface area contributed by atoms with Crippen LogP contribution >= 0.6 is 0 Å². The lowest BCUT2D eigenvalue weighted by atomic mass is 10.1. The molecule has 0 aliphatic rings. The second kappa shape index (κ2) is 6.27. The molecule has 7 heteroatoms. The SMILES string of the molecule is NNc1c(F)cccc1C(=O)NCc1cc(F)ccc1F. The number of amides is 1. The molecule has 0 radical (unpaired) electrons. The summed E-state index contributed by atoms with van der Waals surface area (Å²) in [7, 11) is 0. The molecule has 1 amide bonds. The van der Waals surface area contributed by atoms with Gasteiger partial charge in [-0.15, -0.1) is 0 Å². The number of carbonyl (C=O) groups excluding carboxylic acids is 1. The molecule has 4 N–H and O–H groups in total. The molecule has 0 bridgehead atoms. The Balaban J connectivity index is 2.16. The minimum Gasteiger partial charge on any atom is -0.348 e. The van der Waals surface area contributed by atoms with Crippen LogP contribution in [0.25, 0.3) is 0 Å². The number of hydrazine groups is 1. The Labute approximate surface area is 118 Å². The largest absolute Gasteiger partial charge is 0.348 e. The van der Waals surface area contributed by atoms with E-state index in [2.05, 4.69) is 10.7 Å². The second-order valence-electron chi connectivity index (χ2n) is 4.23. The molecular weight excluding hydrogens is 283 g/mol. The summed E-state index contributed by atoms with van der Waals surface area (Å²) in [6, 6.07) is 6.75. The van der Waals surface area contributed by atoms with Crippen molar-refractivity contribution in [3.05, 3.63) is 65.0 Å². The number of nitrogens with one attached hydrogen (secondary N) is 2. The number of rotatable bonds is 4. The molecular formula is C14H12F3N3O. The highest BCUT2D eigenvalue weighted by Crippen LogP contribution is 2.18. The molecule has 0 saturated heterocycles. The quantitative estimate of drug-likeness (QED) is 0.599. The highest BCUT2D eigenvalue weighted by atomic mass is 19.1. The van der Waals surface area contributed by atoms with Gasteiger partial charge in [0.05, 0.1) is 11.3 Å². The van der Waals surface area contributed by atoms with Gasteiger partial charge in [0.25, 0.3) is 5.91 Å². The van der Waals surface area contributed by atoms with Gasteiger partial charge in [0.1, 0.15) is 17.5 Å². The lowest BCUT2D eigenvalue weighted by Crippen LogP contribution is -2.25. The lowest BCUT2D eigenvalue weighted by Gasteiger charge is -2.11. The van der Waals surface area contributed by atoms with Gasteiger partial charge in [0, 0.05) is 12.1 Å². The van der Waals surface area contributed by atoms with Crippen molar-refractivity contribution in [1.29, 1.82) is 0 Å². The maximum atomic E-state index is 13.5. The van der Waals surface area contributed by atoms with Crippen LogP contribution in [-0.2, 0) is 6.54 Å². The first-order valence-corrected chi connectivity index (χ1v) is 6.00. The number of nitrogen functional groups attached to an aromatic ring is 1. The van der Waals surface area contributed by atoms with E-state index in [9.17, 15) is 18.0 Å². The zero-order chi connectivity index (χ0) is 15.4. The maximum absolute atomic E-state index is 13.5. The lowest BCUT2D eigenvalue weighted by molar-refractivity contribution is 0.0951. The van der Waals surface area contributed by atoms with Crippen molar-refractivity contribution in [3.8, 4) is 0 Å². The van der Waals surface area contributed by atoms with Gasteiger partial charge in [-0.2, -0.15) is 0 Å². The van der Waals surface area contributed by atoms with Gasteiger partial charge in [-0.1, -0.05) is 6.07 Å². The molecule has 0 atom stereocenters. The van der Waals surface area contributed by atoms with E-state index >= 15 is 0 Å². The average Bonchev–Trinajstić information content (AvgIpc) is 2.47. The Hall–Kier alpha value is -2.54. The molecule has 0 saturated carbocycles. The molecule has 2 aromatic rings. The van der Waals surface area contributed by atoms with E-state index in [4.69, 9.17) is 5.84 Å². The van der Waals surface area contributed by atoms with Crippen molar-refractivity contribution in [2.45, 2.75) is 6.54 Å². The fraction of sp³-hybridized carbons (Fsp3) is 0.0714. The van der Waals surface area contributed by atoms with Crippen molar-refractivity contribution in [1.82, 2.24) is 5.32 Å². The van der Waals surface area contributed by atoms with Crippen molar-refractivity contribution in [3.63, 3.8) is 0 Å². The molecule has 0 aliphatic carbocycles. The van der Waals surface area contributed by atoms with Crippen LogP contribution in [-0.4, -0.2) is 5.91 Å². The summed E-state index contributed by atoms with van der Waals surface area (Å²) in [6.07, 6.45) is 0. The van der Waals surface area contributed by atoms with Crippen molar-refractivity contribution < 1.29 is 18.0 Å². The van der Waals surface area contributed by atoms with Crippen LogP contribution in [0.2, 0.25) is 0 Å². The smallest absolute Gasteiger partial charge is 0.253 e. The van der Waals surface area contributed by atoms with Crippen LogP contribution in [0.5, 0.6) is 0 Å². The Morgan fingerprint density at radius 1 is 1.10 bits per heavy atom. The molecule has 21 heavy (non-hydrogen) atoms. The first-order valence-electron chi connectivity index (χ1n) is 6.00. The number of halogens is 3. The van der Waals surface area contributed by atoms with Crippen LogP contribution in [0, 0.1) is 17.5 Å². The third kappa shape index (κ3) is 3.32. The van der Waals surface area contributed by atoms with Crippen molar-refractivity contribution >= 4 is 11.6 Å². The van der Waals surface area contributed by atoms with E-state index in [-0.39, 0.29) is 23.4 Å². The van der Waals surface area contributed by atoms with Crippen molar-refractivity contribution in [2.75, 3.05) is 5.43 Å². The molecule has 110 valence electrons. The Bertz CT molecular complexity index is 677. The summed E-state index contributed by atoms with van der Waals surface area (Å²) in [5.74, 6) is 2.55. The zero-order valence-electron chi connectivity index (χ0n) is 10.8. The summed E-state index contributed by atoms with van der Waals surface area (Å²) < 4.78 is 39.9. The fourth-order valence-electron chi connectivity index (χ4n) is 1.81. The number of carbonyl (C=O) groups is 1. The highest BCUT2D eigenvalue weighted by molar-refractivity contribution is 5.99. The molecule has 0 aromatic heterocycles. The van der Waals surface area contributed by atoms with Crippen LogP contribution in [0.15, 0.2) is 36.4 Å². The van der Waals surface area contributed by atoms with E-state index in [1.165, 1.54) is 12.1 Å². The minimum absolute atomic E-state index is 0.0120. The molecule has 2 rings (SSSR count). The molecule has 0 aliphatic heterocycles. The number of para-hydroxylation sites is 1. The van der Waals surface area contributed by atoms with E-state index in [0.29, 0.717) is 0 Å². The first kappa shape index (κ1) is 14.9. The van der Waals surface area contributed by atoms with Gasteiger partial charge in [0.2, 0.25) is 0 Å². The van der Waals surface area contributed by atoms with Gasteiger partial charge >= 0.3 is 0 Å². The van der Waals surface area contributed by atoms with Gasteiger partial charge in [-0.3, -0.25) is 10.6 Å². The Kier molecular flexibility index (Phi) is 4.44.